The van der Waals surface area contributed by atoms with Crippen molar-refractivity contribution in [1.82, 2.24) is 10.2 Å². The zero-order chi connectivity index (χ0) is 29.6. The fraction of sp³-hybridized carbons (Fsp3) is 0.394. The van der Waals surface area contributed by atoms with Crippen LogP contribution in [0.25, 0.3) is 0 Å². The van der Waals surface area contributed by atoms with Crippen molar-refractivity contribution >= 4 is 27.5 Å². The van der Waals surface area contributed by atoms with Crippen LogP contribution in [0.3, 0.4) is 0 Å². The van der Waals surface area contributed by atoms with Crippen molar-refractivity contribution in [3.05, 3.63) is 101 Å². The molecule has 218 valence electrons. The number of anilines is 1. The Labute approximate surface area is 244 Å². The van der Waals surface area contributed by atoms with Gasteiger partial charge in [-0.1, -0.05) is 85.1 Å². The van der Waals surface area contributed by atoms with Gasteiger partial charge in [0, 0.05) is 19.0 Å². The lowest BCUT2D eigenvalue weighted by molar-refractivity contribution is -0.140. The van der Waals surface area contributed by atoms with Gasteiger partial charge in [-0.3, -0.25) is 13.9 Å². The predicted octanol–water partition coefficient (Wildman–Crippen LogP) is 5.08. The second-order valence-corrected chi connectivity index (χ2v) is 13.2. The first-order valence-electron chi connectivity index (χ1n) is 14.3. The molecule has 4 rings (SSSR count). The van der Waals surface area contributed by atoms with Crippen LogP contribution < -0.4 is 9.62 Å². The van der Waals surface area contributed by atoms with Crippen LogP contribution >= 0.6 is 0 Å². The third-order valence-electron chi connectivity index (χ3n) is 7.76. The van der Waals surface area contributed by atoms with Crippen molar-refractivity contribution in [1.29, 1.82) is 0 Å². The van der Waals surface area contributed by atoms with E-state index in [1.165, 1.54) is 0 Å². The molecule has 0 unspecified atom stereocenters. The van der Waals surface area contributed by atoms with E-state index >= 15 is 0 Å². The standard InChI is InChI=1S/C33H41N3O4S/c1-24-15-18-28(19-16-24)22-35(32(37)23-36(41(4,39)40)30-20-25(2)14-17-26(30)3)31(21-27-10-6-5-7-11-27)33(38)34-29-12-8-9-13-29/h5-7,10-11,14-20,29,31H,8-9,12-13,21-23H2,1-4H3,(H,34,38)/t31-/m1/s1. The average molecular weight is 576 g/mol. The molecule has 0 bridgehead atoms. The van der Waals surface area contributed by atoms with Crippen molar-refractivity contribution < 1.29 is 18.0 Å². The maximum absolute atomic E-state index is 14.3. The molecule has 1 aliphatic carbocycles. The number of aryl methyl sites for hydroxylation is 3. The molecule has 7 nitrogen and oxygen atoms in total. The first-order valence-corrected chi connectivity index (χ1v) is 16.1. The van der Waals surface area contributed by atoms with Gasteiger partial charge in [0.2, 0.25) is 21.8 Å². The van der Waals surface area contributed by atoms with Gasteiger partial charge in [-0.15, -0.1) is 0 Å². The summed E-state index contributed by atoms with van der Waals surface area (Å²) >= 11 is 0. The fourth-order valence-electron chi connectivity index (χ4n) is 5.39. The Bertz CT molecular complexity index is 1450. The molecule has 1 saturated carbocycles. The molecule has 0 spiro atoms. The highest BCUT2D eigenvalue weighted by atomic mass is 32.2. The highest BCUT2D eigenvalue weighted by Crippen LogP contribution is 2.25. The number of hydrogen-bond acceptors (Lipinski definition) is 4. The monoisotopic (exact) mass is 575 g/mol. The minimum atomic E-state index is -3.80. The number of rotatable bonds is 11. The van der Waals surface area contributed by atoms with Gasteiger partial charge in [-0.05, 0) is 61.9 Å². The molecule has 2 amide bonds. The molecule has 1 atom stereocenters. The molecule has 8 heteroatoms. The summed E-state index contributed by atoms with van der Waals surface area (Å²) in [7, 11) is -3.80. The van der Waals surface area contributed by atoms with E-state index in [-0.39, 0.29) is 18.5 Å². The molecule has 1 fully saturated rings. The van der Waals surface area contributed by atoms with Crippen LogP contribution in [0.4, 0.5) is 5.69 Å². The molecule has 3 aromatic carbocycles. The molecule has 1 N–H and O–H groups in total. The lowest BCUT2D eigenvalue weighted by atomic mass is 10.0. The number of nitrogens with zero attached hydrogens (tertiary/aromatic N) is 2. The van der Waals surface area contributed by atoms with E-state index in [1.807, 2.05) is 87.5 Å². The van der Waals surface area contributed by atoms with Gasteiger partial charge in [0.05, 0.1) is 11.9 Å². The van der Waals surface area contributed by atoms with Gasteiger partial charge in [0.25, 0.3) is 0 Å². The van der Waals surface area contributed by atoms with Crippen molar-refractivity contribution in [2.75, 3.05) is 17.1 Å². The van der Waals surface area contributed by atoms with Crippen LogP contribution in [0, 0.1) is 20.8 Å². The minimum Gasteiger partial charge on any atom is -0.352 e. The summed E-state index contributed by atoms with van der Waals surface area (Å²) < 4.78 is 27.3. The Morgan fingerprint density at radius 2 is 1.51 bits per heavy atom. The maximum Gasteiger partial charge on any atom is 0.244 e. The van der Waals surface area contributed by atoms with Gasteiger partial charge in [-0.2, -0.15) is 0 Å². The Hall–Kier alpha value is -3.65. The molecule has 41 heavy (non-hydrogen) atoms. The summed E-state index contributed by atoms with van der Waals surface area (Å²) in [6, 6.07) is 22.3. The van der Waals surface area contributed by atoms with Crippen molar-refractivity contribution in [2.24, 2.45) is 0 Å². The number of carbonyl (C=O) groups excluding carboxylic acids is 2. The van der Waals surface area contributed by atoms with Crippen LogP contribution in [0.1, 0.15) is 53.5 Å². The lowest BCUT2D eigenvalue weighted by Gasteiger charge is -2.34. The summed E-state index contributed by atoms with van der Waals surface area (Å²) in [5.41, 5.74) is 4.99. The Balaban J connectivity index is 1.74. The fourth-order valence-corrected chi connectivity index (χ4v) is 6.29. The molecular weight excluding hydrogens is 534 g/mol. The topological polar surface area (TPSA) is 86.8 Å². The minimum absolute atomic E-state index is 0.0829. The smallest absolute Gasteiger partial charge is 0.244 e. The number of nitrogens with one attached hydrogen (secondary N) is 1. The molecule has 3 aromatic rings. The van der Waals surface area contributed by atoms with Crippen LogP contribution in [-0.2, 0) is 32.6 Å². The van der Waals surface area contributed by atoms with Crippen molar-refractivity contribution in [2.45, 2.75) is 71.5 Å². The van der Waals surface area contributed by atoms with Gasteiger partial charge in [0.1, 0.15) is 12.6 Å². The summed E-state index contributed by atoms with van der Waals surface area (Å²) in [6.07, 6.45) is 5.41. The zero-order valence-corrected chi connectivity index (χ0v) is 25.3. The third kappa shape index (κ3) is 8.19. The largest absolute Gasteiger partial charge is 0.352 e. The van der Waals surface area contributed by atoms with Crippen LogP contribution in [-0.4, -0.2) is 50.0 Å². The normalized spacial score (nSPS) is 14.4. The van der Waals surface area contributed by atoms with E-state index in [9.17, 15) is 18.0 Å². The lowest BCUT2D eigenvalue weighted by Crippen LogP contribution is -2.54. The predicted molar refractivity (Wildman–Crippen MR) is 164 cm³/mol. The van der Waals surface area contributed by atoms with E-state index in [2.05, 4.69) is 5.32 Å². The number of benzene rings is 3. The molecule has 1 aliphatic rings. The second kappa shape index (κ2) is 13.3. The van der Waals surface area contributed by atoms with E-state index in [4.69, 9.17) is 0 Å². The molecule has 0 aliphatic heterocycles. The van der Waals surface area contributed by atoms with Gasteiger partial charge in [0.15, 0.2) is 0 Å². The highest BCUT2D eigenvalue weighted by molar-refractivity contribution is 7.92. The number of sulfonamides is 1. The molecule has 0 radical (unpaired) electrons. The summed E-state index contributed by atoms with van der Waals surface area (Å²) in [4.78, 5) is 29.7. The van der Waals surface area contributed by atoms with Crippen LogP contribution in [0.2, 0.25) is 0 Å². The maximum atomic E-state index is 14.3. The third-order valence-corrected chi connectivity index (χ3v) is 8.89. The van der Waals surface area contributed by atoms with Crippen LogP contribution in [0.5, 0.6) is 0 Å². The number of amides is 2. The van der Waals surface area contributed by atoms with E-state index in [0.29, 0.717) is 12.1 Å². The summed E-state index contributed by atoms with van der Waals surface area (Å²) in [5, 5.41) is 3.20. The molecule has 0 aromatic heterocycles. The van der Waals surface area contributed by atoms with Crippen LogP contribution in [0.15, 0.2) is 72.8 Å². The quantitative estimate of drug-likeness (QED) is 0.346. The van der Waals surface area contributed by atoms with Crippen molar-refractivity contribution in [3.63, 3.8) is 0 Å². The summed E-state index contributed by atoms with van der Waals surface area (Å²) in [5.74, 6) is -0.640. The number of carbonyl (C=O) groups is 2. The van der Waals surface area contributed by atoms with Gasteiger partial charge in [-0.25, -0.2) is 8.42 Å². The van der Waals surface area contributed by atoms with E-state index in [1.54, 1.807) is 11.0 Å². The van der Waals surface area contributed by atoms with Crippen molar-refractivity contribution in [3.8, 4) is 0 Å². The first-order chi connectivity index (χ1) is 19.5. The van der Waals surface area contributed by atoms with E-state index in [0.717, 1.165) is 64.1 Å². The van der Waals surface area contributed by atoms with Gasteiger partial charge < -0.3 is 10.2 Å². The molecular formula is C33H41N3O4S. The first kappa shape index (κ1) is 30.3. The van der Waals surface area contributed by atoms with E-state index < -0.39 is 28.5 Å². The second-order valence-electron chi connectivity index (χ2n) is 11.3. The number of hydrogen-bond donors (Lipinski definition) is 1. The van der Waals surface area contributed by atoms with Gasteiger partial charge >= 0.3 is 0 Å². The average Bonchev–Trinajstić information content (AvgIpc) is 3.44. The SMILES string of the molecule is Cc1ccc(CN(C(=O)CN(c2cc(C)ccc2C)S(C)(=O)=O)[C@H](Cc2ccccc2)C(=O)NC2CCCC2)cc1. The Morgan fingerprint density at radius 3 is 2.15 bits per heavy atom. The Kier molecular flexibility index (Phi) is 9.86. The molecule has 0 saturated heterocycles. The summed E-state index contributed by atoms with van der Waals surface area (Å²) in [6.45, 7) is 5.48. The zero-order valence-electron chi connectivity index (χ0n) is 24.5. The highest BCUT2D eigenvalue weighted by Gasteiger charge is 2.34. The molecule has 0 heterocycles. The Morgan fingerprint density at radius 1 is 0.878 bits per heavy atom.